The van der Waals surface area contributed by atoms with Crippen LogP contribution in [0.25, 0.3) is 11.4 Å². The number of carbonyl (C=O) groups excluding carboxylic acids is 1. The van der Waals surface area contributed by atoms with Gasteiger partial charge < -0.3 is 5.32 Å². The molecule has 27 heavy (non-hydrogen) atoms. The van der Waals surface area contributed by atoms with E-state index in [1.807, 2.05) is 54.6 Å². The number of thioether (sulfide) groups is 1. The summed E-state index contributed by atoms with van der Waals surface area (Å²) in [5.41, 5.74) is 2.04. The first-order valence-electron chi connectivity index (χ1n) is 8.41. The smallest absolute Gasteiger partial charge is 0.230 e. The Kier molecular flexibility index (Phi) is 6.84. The van der Waals surface area contributed by atoms with Crippen LogP contribution in [0.3, 0.4) is 0 Å². The van der Waals surface area contributed by atoms with Crippen LogP contribution in [0.5, 0.6) is 0 Å². The third kappa shape index (κ3) is 5.55. The van der Waals surface area contributed by atoms with E-state index in [0.29, 0.717) is 18.2 Å². The van der Waals surface area contributed by atoms with Gasteiger partial charge in [0.15, 0.2) is 5.82 Å². The summed E-state index contributed by atoms with van der Waals surface area (Å²) in [5.74, 6) is 0.980. The van der Waals surface area contributed by atoms with Gasteiger partial charge in [-0.2, -0.15) is 0 Å². The second-order valence-corrected chi connectivity index (χ2v) is 7.60. The van der Waals surface area contributed by atoms with Gasteiger partial charge >= 0.3 is 0 Å². The topological polar surface area (TPSA) is 59.8 Å². The molecule has 1 N–H and O–H groups in total. The number of benzene rings is 2. The Morgan fingerprint density at radius 2 is 1.93 bits per heavy atom. The molecule has 7 heteroatoms. The second-order valence-electron chi connectivity index (χ2n) is 5.75. The summed E-state index contributed by atoms with van der Waals surface area (Å²) >= 11 is 4.76. The maximum absolute atomic E-state index is 12.1. The monoisotopic (exact) mass is 442 g/mol. The van der Waals surface area contributed by atoms with Crippen LogP contribution in [0.4, 0.5) is 0 Å². The molecule has 1 heterocycles. The third-order valence-electron chi connectivity index (χ3n) is 3.72. The van der Waals surface area contributed by atoms with Crippen LogP contribution >= 0.6 is 27.7 Å². The first-order valence-corrected chi connectivity index (χ1v) is 10.2. The van der Waals surface area contributed by atoms with Crippen LogP contribution in [0.2, 0.25) is 0 Å². The summed E-state index contributed by atoms with van der Waals surface area (Å²) in [6.45, 7) is 4.85. The maximum atomic E-state index is 12.1. The third-order valence-corrected chi connectivity index (χ3v) is 5.09. The molecule has 0 bridgehead atoms. The lowest BCUT2D eigenvalue weighted by Gasteiger charge is -2.03. The molecule has 0 unspecified atom stereocenters. The number of rotatable bonds is 8. The van der Waals surface area contributed by atoms with E-state index in [1.165, 1.54) is 11.8 Å². The number of hydrogen-bond acceptors (Lipinski definition) is 4. The van der Waals surface area contributed by atoms with E-state index in [2.05, 4.69) is 37.9 Å². The number of carbonyl (C=O) groups is 1. The molecule has 1 aromatic heterocycles. The average molecular weight is 443 g/mol. The van der Waals surface area contributed by atoms with Gasteiger partial charge in [0.05, 0.1) is 12.3 Å². The van der Waals surface area contributed by atoms with Crippen LogP contribution < -0.4 is 5.32 Å². The molecule has 0 spiro atoms. The summed E-state index contributed by atoms with van der Waals surface area (Å²) in [6.07, 6.45) is 1.78. The Morgan fingerprint density at radius 1 is 1.19 bits per heavy atom. The van der Waals surface area contributed by atoms with E-state index in [-0.39, 0.29) is 11.7 Å². The summed E-state index contributed by atoms with van der Waals surface area (Å²) in [5, 5.41) is 7.98. The normalized spacial score (nSPS) is 10.6. The standard InChI is InChI=1S/C20H19BrN4OS/c1-2-12-25-19(16-8-10-17(21)11-9-16)23-20(24-25)27-14-18(26)22-13-15-6-4-3-5-7-15/h2-11H,1,12-14H2,(H,22,26). The van der Waals surface area contributed by atoms with Crippen LogP contribution in [0.15, 0.2) is 76.9 Å². The predicted octanol–water partition coefficient (Wildman–Crippen LogP) is 4.30. The van der Waals surface area contributed by atoms with Crippen molar-refractivity contribution in [2.45, 2.75) is 18.2 Å². The quantitative estimate of drug-likeness (QED) is 0.417. The number of nitrogens with one attached hydrogen (secondary N) is 1. The Labute approximate surface area is 171 Å². The van der Waals surface area contributed by atoms with Gasteiger partial charge in [-0.15, -0.1) is 11.7 Å². The zero-order chi connectivity index (χ0) is 19.1. The minimum Gasteiger partial charge on any atom is -0.351 e. The zero-order valence-corrected chi connectivity index (χ0v) is 17.0. The summed E-state index contributed by atoms with van der Waals surface area (Å²) in [6, 6.07) is 17.7. The van der Waals surface area contributed by atoms with E-state index in [1.54, 1.807) is 10.8 Å². The fourth-order valence-corrected chi connectivity index (χ4v) is 3.36. The lowest BCUT2D eigenvalue weighted by Crippen LogP contribution is -2.24. The highest BCUT2D eigenvalue weighted by atomic mass is 79.9. The van der Waals surface area contributed by atoms with Crippen molar-refractivity contribution >= 4 is 33.6 Å². The van der Waals surface area contributed by atoms with Crippen molar-refractivity contribution < 1.29 is 4.79 Å². The minimum absolute atomic E-state index is 0.0471. The fraction of sp³-hybridized carbons (Fsp3) is 0.150. The Hall–Kier alpha value is -2.38. The lowest BCUT2D eigenvalue weighted by atomic mass is 10.2. The first-order chi connectivity index (χ1) is 13.2. The first kappa shape index (κ1) is 19.4. The molecule has 0 aliphatic carbocycles. The van der Waals surface area contributed by atoms with Crippen LogP contribution in [0, 0.1) is 0 Å². The van der Waals surface area contributed by atoms with Crippen LogP contribution in [0.1, 0.15) is 5.56 Å². The molecule has 0 aliphatic heterocycles. The fourth-order valence-electron chi connectivity index (χ4n) is 2.42. The highest BCUT2D eigenvalue weighted by Gasteiger charge is 2.13. The van der Waals surface area contributed by atoms with E-state index in [0.717, 1.165) is 21.4 Å². The SMILES string of the molecule is C=CCn1nc(SCC(=O)NCc2ccccc2)nc1-c1ccc(Br)cc1. The van der Waals surface area contributed by atoms with E-state index >= 15 is 0 Å². The van der Waals surface area contributed by atoms with E-state index in [4.69, 9.17) is 0 Å². The molecule has 0 saturated heterocycles. The Balaban J connectivity index is 1.62. The van der Waals surface area contributed by atoms with Gasteiger partial charge in [0.1, 0.15) is 0 Å². The Bertz CT molecular complexity index is 909. The van der Waals surface area contributed by atoms with Crippen molar-refractivity contribution in [3.05, 3.63) is 77.3 Å². The number of halogens is 1. The molecule has 3 rings (SSSR count). The molecule has 0 saturated carbocycles. The van der Waals surface area contributed by atoms with Gasteiger partial charge in [-0.3, -0.25) is 4.79 Å². The molecular formula is C20H19BrN4OS. The zero-order valence-electron chi connectivity index (χ0n) is 14.6. The van der Waals surface area contributed by atoms with E-state index < -0.39 is 0 Å². The highest BCUT2D eigenvalue weighted by Crippen LogP contribution is 2.23. The van der Waals surface area contributed by atoms with Gasteiger partial charge in [-0.05, 0) is 17.7 Å². The molecule has 0 radical (unpaired) electrons. The number of nitrogens with zero attached hydrogens (tertiary/aromatic N) is 3. The van der Waals surface area contributed by atoms with Crippen LogP contribution in [-0.2, 0) is 17.9 Å². The average Bonchev–Trinajstić information content (AvgIpc) is 3.09. The molecule has 3 aromatic rings. The number of amides is 1. The van der Waals surface area contributed by atoms with Crippen molar-refractivity contribution in [2.24, 2.45) is 0 Å². The second kappa shape index (κ2) is 9.53. The number of aromatic nitrogens is 3. The molecule has 2 aromatic carbocycles. The molecule has 0 fully saturated rings. The maximum Gasteiger partial charge on any atom is 0.230 e. The van der Waals surface area contributed by atoms with Gasteiger partial charge in [0.2, 0.25) is 11.1 Å². The van der Waals surface area contributed by atoms with Gasteiger partial charge in [-0.1, -0.05) is 76.2 Å². The predicted molar refractivity (Wildman–Crippen MR) is 112 cm³/mol. The van der Waals surface area contributed by atoms with Crippen molar-refractivity contribution in [1.29, 1.82) is 0 Å². The van der Waals surface area contributed by atoms with Crippen molar-refractivity contribution in [2.75, 3.05) is 5.75 Å². The molecule has 0 atom stereocenters. The van der Waals surface area contributed by atoms with Crippen molar-refractivity contribution in [1.82, 2.24) is 20.1 Å². The van der Waals surface area contributed by atoms with E-state index in [9.17, 15) is 4.79 Å². The Morgan fingerprint density at radius 3 is 2.63 bits per heavy atom. The van der Waals surface area contributed by atoms with Gasteiger partial charge in [-0.25, -0.2) is 9.67 Å². The number of allylic oxidation sites excluding steroid dienone is 1. The molecule has 5 nitrogen and oxygen atoms in total. The molecule has 1 amide bonds. The van der Waals surface area contributed by atoms with Gasteiger partial charge in [0.25, 0.3) is 0 Å². The number of hydrogen-bond donors (Lipinski definition) is 1. The van der Waals surface area contributed by atoms with Gasteiger partial charge in [0, 0.05) is 16.6 Å². The molecular weight excluding hydrogens is 424 g/mol. The summed E-state index contributed by atoms with van der Waals surface area (Å²) in [4.78, 5) is 16.7. The van der Waals surface area contributed by atoms with Crippen molar-refractivity contribution in [3.8, 4) is 11.4 Å². The highest BCUT2D eigenvalue weighted by molar-refractivity contribution is 9.10. The largest absolute Gasteiger partial charge is 0.351 e. The summed E-state index contributed by atoms with van der Waals surface area (Å²) < 4.78 is 2.80. The minimum atomic E-state index is -0.0471. The lowest BCUT2D eigenvalue weighted by molar-refractivity contribution is -0.118. The van der Waals surface area contributed by atoms with Crippen molar-refractivity contribution in [3.63, 3.8) is 0 Å². The molecule has 138 valence electrons. The molecule has 0 aliphatic rings. The summed E-state index contributed by atoms with van der Waals surface area (Å²) in [7, 11) is 0. The van der Waals surface area contributed by atoms with Crippen LogP contribution in [-0.4, -0.2) is 26.4 Å².